The van der Waals surface area contributed by atoms with Crippen molar-refractivity contribution in [3.63, 3.8) is 0 Å². The van der Waals surface area contributed by atoms with Crippen LogP contribution in [0.2, 0.25) is 0 Å². The van der Waals surface area contributed by atoms with E-state index in [9.17, 15) is 28.0 Å². The van der Waals surface area contributed by atoms with Gasteiger partial charge in [0.05, 0.1) is 22.3 Å². The fourth-order valence-corrected chi connectivity index (χ4v) is 3.67. The lowest BCUT2D eigenvalue weighted by atomic mass is 10.1. The van der Waals surface area contributed by atoms with Gasteiger partial charge in [-0.05, 0) is 31.2 Å². The van der Waals surface area contributed by atoms with Crippen LogP contribution in [0.4, 0.5) is 24.8 Å². The Kier molecular flexibility index (Phi) is 6.24. The first-order valence-corrected chi connectivity index (χ1v) is 10.5. The molecule has 12 heteroatoms. The Morgan fingerprint density at radius 3 is 2.64 bits per heavy atom. The van der Waals surface area contributed by atoms with Crippen LogP contribution in [0.25, 0.3) is 11.0 Å². The lowest BCUT2D eigenvalue weighted by molar-refractivity contribution is -0.138. The van der Waals surface area contributed by atoms with Crippen molar-refractivity contribution >= 4 is 28.5 Å². The van der Waals surface area contributed by atoms with E-state index in [1.165, 1.54) is 30.8 Å². The summed E-state index contributed by atoms with van der Waals surface area (Å²) in [7, 11) is 2.77. The van der Waals surface area contributed by atoms with E-state index in [1.54, 1.807) is 25.2 Å². The molecular weight excluding hydrogens is 477 g/mol. The highest BCUT2D eigenvalue weighted by molar-refractivity contribution is 5.87. The Hall–Kier alpha value is -4.66. The van der Waals surface area contributed by atoms with Gasteiger partial charge >= 0.3 is 6.18 Å². The van der Waals surface area contributed by atoms with Gasteiger partial charge in [-0.25, -0.2) is 4.98 Å². The predicted octanol–water partition coefficient (Wildman–Crippen LogP) is 4.22. The van der Waals surface area contributed by atoms with Crippen LogP contribution >= 0.6 is 0 Å². The van der Waals surface area contributed by atoms with Crippen LogP contribution in [-0.2, 0) is 31.5 Å². The van der Waals surface area contributed by atoms with E-state index in [0.717, 1.165) is 4.57 Å². The van der Waals surface area contributed by atoms with Crippen LogP contribution in [0.5, 0.6) is 11.5 Å². The van der Waals surface area contributed by atoms with Crippen LogP contribution < -0.4 is 15.6 Å². The number of hydrogen-bond acceptors (Lipinski definition) is 7. The van der Waals surface area contributed by atoms with Crippen LogP contribution in [0, 0.1) is 11.3 Å². The summed E-state index contributed by atoms with van der Waals surface area (Å²) in [5, 5.41) is 12.5. The number of aromatic nitrogens is 4. The van der Waals surface area contributed by atoms with Crippen LogP contribution in [0.3, 0.4) is 0 Å². The molecule has 3 aromatic heterocycles. The molecule has 0 unspecified atom stereocenters. The van der Waals surface area contributed by atoms with Crippen molar-refractivity contribution in [2.75, 3.05) is 5.32 Å². The third-order valence-corrected chi connectivity index (χ3v) is 5.31. The van der Waals surface area contributed by atoms with Crippen molar-refractivity contribution in [1.29, 1.82) is 5.26 Å². The Bertz CT molecular complexity index is 1600. The number of imidazole rings is 1. The quantitative estimate of drug-likeness (QED) is 0.425. The molecule has 36 heavy (non-hydrogen) atoms. The first-order valence-electron chi connectivity index (χ1n) is 10.5. The minimum Gasteiger partial charge on any atom is -0.456 e. The van der Waals surface area contributed by atoms with Gasteiger partial charge in [-0.15, -0.1) is 0 Å². The lowest BCUT2D eigenvalue weighted by Crippen LogP contribution is -2.23. The van der Waals surface area contributed by atoms with Crippen molar-refractivity contribution < 1.29 is 22.7 Å². The van der Waals surface area contributed by atoms with E-state index in [2.05, 4.69) is 21.4 Å². The van der Waals surface area contributed by atoms with Gasteiger partial charge in [-0.1, -0.05) is 0 Å². The molecule has 3 heterocycles. The largest absolute Gasteiger partial charge is 0.456 e. The molecule has 0 spiro atoms. The number of hydrogen-bond donors (Lipinski definition) is 1. The number of anilines is 2. The van der Waals surface area contributed by atoms with E-state index in [1.807, 2.05) is 0 Å². The van der Waals surface area contributed by atoms with Crippen molar-refractivity contribution in [3.8, 4) is 17.6 Å². The summed E-state index contributed by atoms with van der Waals surface area (Å²) in [6, 6.07) is 9.07. The highest BCUT2D eigenvalue weighted by Crippen LogP contribution is 2.34. The van der Waals surface area contributed by atoms with Gasteiger partial charge in [0.25, 0.3) is 5.56 Å². The maximum atomic E-state index is 13.2. The average molecular weight is 496 g/mol. The summed E-state index contributed by atoms with van der Waals surface area (Å²) in [6.45, 7) is 1.44. The SMILES string of the molecule is CC(=O)Cc1cc(Oc2ccc3nc(Nc4cc(C(F)(F)F)cn(C)c4=O)n(C)c3c2C#N)ccn1. The molecule has 0 saturated carbocycles. The second-order valence-corrected chi connectivity index (χ2v) is 8.06. The van der Waals surface area contributed by atoms with Crippen molar-refractivity contribution in [3.05, 3.63) is 69.9 Å². The number of nitriles is 1. The van der Waals surface area contributed by atoms with E-state index in [4.69, 9.17) is 4.74 Å². The zero-order valence-electron chi connectivity index (χ0n) is 19.3. The van der Waals surface area contributed by atoms with Crippen molar-refractivity contribution in [1.82, 2.24) is 19.1 Å². The summed E-state index contributed by atoms with van der Waals surface area (Å²) >= 11 is 0. The molecule has 9 nitrogen and oxygen atoms in total. The molecule has 0 bridgehead atoms. The number of ketones is 1. The Labute approximate surface area is 202 Å². The molecular formula is C24H19F3N6O3. The first-order chi connectivity index (χ1) is 17.0. The smallest absolute Gasteiger partial charge is 0.417 e. The summed E-state index contributed by atoms with van der Waals surface area (Å²) in [4.78, 5) is 32.3. The number of ether oxygens (including phenoxy) is 1. The zero-order chi connectivity index (χ0) is 26.2. The molecule has 0 aliphatic carbocycles. The number of nitrogens with zero attached hydrogens (tertiary/aromatic N) is 5. The molecule has 0 amide bonds. The molecule has 1 aromatic carbocycles. The number of halogens is 3. The minimum absolute atomic E-state index is 0.0581. The number of Topliss-reactive ketones (excluding diaryl/α,β-unsaturated/α-hetero) is 1. The molecule has 4 aromatic rings. The summed E-state index contributed by atoms with van der Waals surface area (Å²) in [5.41, 5.74) is -0.666. The van der Waals surface area contributed by atoms with Crippen LogP contribution in [-0.4, -0.2) is 24.9 Å². The monoisotopic (exact) mass is 496 g/mol. The maximum Gasteiger partial charge on any atom is 0.417 e. The van der Waals surface area contributed by atoms with Crippen LogP contribution in [0.1, 0.15) is 23.7 Å². The Morgan fingerprint density at radius 2 is 1.97 bits per heavy atom. The minimum atomic E-state index is -4.65. The fourth-order valence-electron chi connectivity index (χ4n) is 3.67. The molecule has 184 valence electrons. The molecule has 1 N–H and O–H groups in total. The summed E-state index contributed by atoms with van der Waals surface area (Å²) < 4.78 is 47.9. The standard InChI is InChI=1S/C24H19F3N6O3/c1-13(34)8-15-10-16(6-7-29-15)36-20-5-4-18-21(17(20)11-28)33(3)23(30-18)31-19-9-14(24(25,26)27)12-32(2)22(19)35/h4-7,9-10,12H,8H2,1-3H3,(H,30,31). The zero-order valence-corrected chi connectivity index (χ0v) is 19.3. The normalized spacial score (nSPS) is 11.4. The van der Waals surface area contributed by atoms with Gasteiger partial charge in [-0.2, -0.15) is 18.4 Å². The second kappa shape index (κ2) is 9.18. The summed E-state index contributed by atoms with van der Waals surface area (Å²) in [6.07, 6.45) is -2.32. The van der Waals surface area contributed by atoms with Gasteiger partial charge in [0.2, 0.25) is 5.95 Å². The third-order valence-electron chi connectivity index (χ3n) is 5.31. The second-order valence-electron chi connectivity index (χ2n) is 8.06. The van der Waals surface area contributed by atoms with E-state index in [-0.39, 0.29) is 35.2 Å². The first kappa shape index (κ1) is 24.5. The Morgan fingerprint density at radius 1 is 1.22 bits per heavy atom. The predicted molar refractivity (Wildman–Crippen MR) is 124 cm³/mol. The average Bonchev–Trinajstić information content (AvgIpc) is 3.11. The number of carbonyl (C=O) groups excluding carboxylic acids is 1. The van der Waals surface area contributed by atoms with E-state index in [0.29, 0.717) is 34.7 Å². The highest BCUT2D eigenvalue weighted by atomic mass is 19.4. The van der Waals surface area contributed by atoms with Gasteiger partial charge in [0.1, 0.15) is 34.6 Å². The number of pyridine rings is 2. The topological polar surface area (TPSA) is 115 Å². The number of carbonyl (C=O) groups is 1. The van der Waals surface area contributed by atoms with Crippen molar-refractivity contribution in [2.24, 2.45) is 14.1 Å². The Balaban J connectivity index is 1.74. The third kappa shape index (κ3) is 4.76. The molecule has 0 aliphatic heterocycles. The number of benzene rings is 1. The maximum absolute atomic E-state index is 13.2. The fraction of sp³-hybridized carbons (Fsp3) is 0.208. The molecule has 0 fully saturated rings. The van der Waals surface area contributed by atoms with Gasteiger partial charge in [-0.3, -0.25) is 14.6 Å². The molecule has 0 atom stereocenters. The number of alkyl halides is 3. The molecule has 0 aliphatic rings. The van der Waals surface area contributed by atoms with Gasteiger partial charge in [0, 0.05) is 39.0 Å². The van der Waals surface area contributed by atoms with Gasteiger partial charge < -0.3 is 19.2 Å². The lowest BCUT2D eigenvalue weighted by Gasteiger charge is -2.12. The summed E-state index contributed by atoms with van der Waals surface area (Å²) in [5.74, 6) is 0.562. The van der Waals surface area contributed by atoms with Crippen LogP contribution in [0.15, 0.2) is 47.5 Å². The van der Waals surface area contributed by atoms with E-state index >= 15 is 0 Å². The number of aryl methyl sites for hydroxylation is 2. The van der Waals surface area contributed by atoms with Crippen molar-refractivity contribution in [2.45, 2.75) is 19.5 Å². The van der Waals surface area contributed by atoms with Gasteiger partial charge in [0.15, 0.2) is 0 Å². The number of rotatable bonds is 6. The van der Waals surface area contributed by atoms with E-state index < -0.39 is 17.3 Å². The highest BCUT2D eigenvalue weighted by Gasteiger charge is 2.32. The number of nitrogens with one attached hydrogen (secondary N) is 1. The molecule has 0 saturated heterocycles. The molecule has 4 rings (SSSR count). The number of fused-ring (bicyclic) bond motifs is 1. The molecule has 0 radical (unpaired) electrons.